The molecule has 0 fully saturated rings. The zero-order valence-electron chi connectivity index (χ0n) is 13.9. The molecule has 0 heterocycles. The van der Waals surface area contributed by atoms with Crippen LogP contribution in [-0.2, 0) is 17.8 Å². The van der Waals surface area contributed by atoms with Gasteiger partial charge in [0, 0.05) is 6.54 Å². The average Bonchev–Trinajstić information content (AvgIpc) is 2.62. The summed E-state index contributed by atoms with van der Waals surface area (Å²) in [5, 5.41) is 11.1. The lowest BCUT2D eigenvalue weighted by molar-refractivity contribution is -0.120. The molecule has 1 N–H and O–H groups in total. The highest BCUT2D eigenvalue weighted by Gasteiger charge is 2.07. The van der Waals surface area contributed by atoms with E-state index in [0.29, 0.717) is 31.1 Å². The van der Waals surface area contributed by atoms with Crippen LogP contribution in [0, 0.1) is 17.1 Å². The maximum atomic E-state index is 12.9. The largest absolute Gasteiger partial charge is 0.493 e. The molecule has 2 aromatic carbocycles. The number of carbonyl (C=O) groups excluding carboxylic acids is 1. The number of carbonyl (C=O) groups is 1. The van der Waals surface area contributed by atoms with Crippen LogP contribution in [0.1, 0.15) is 17.5 Å². The minimum absolute atomic E-state index is 0.139. The Labute approximate surface area is 146 Å². The summed E-state index contributed by atoms with van der Waals surface area (Å²) in [7, 11) is 1.55. The number of nitrogens with one attached hydrogen (secondary N) is 1. The van der Waals surface area contributed by atoms with E-state index in [1.54, 1.807) is 31.4 Å². The molecule has 0 unspecified atom stereocenters. The van der Waals surface area contributed by atoms with Gasteiger partial charge in [0.2, 0.25) is 5.91 Å². The molecule has 0 bridgehead atoms. The fourth-order valence-corrected chi connectivity index (χ4v) is 2.21. The molecule has 0 saturated heterocycles. The van der Waals surface area contributed by atoms with Crippen molar-refractivity contribution in [3.05, 3.63) is 59.4 Å². The molecule has 0 aromatic heterocycles. The van der Waals surface area contributed by atoms with Gasteiger partial charge in [-0.05, 0) is 41.8 Å². The number of halogens is 1. The molecule has 0 atom stereocenters. The molecule has 0 spiro atoms. The van der Waals surface area contributed by atoms with Crippen LogP contribution in [0.3, 0.4) is 0 Å². The van der Waals surface area contributed by atoms with Gasteiger partial charge in [-0.3, -0.25) is 4.79 Å². The molecule has 0 saturated carbocycles. The molecular formula is C19H19FN2O3. The Bertz CT molecular complexity index is 754. The summed E-state index contributed by atoms with van der Waals surface area (Å²) in [6, 6.07) is 13.4. The monoisotopic (exact) mass is 342 g/mol. The first-order valence-electron chi connectivity index (χ1n) is 7.80. The minimum atomic E-state index is -0.285. The van der Waals surface area contributed by atoms with Gasteiger partial charge in [0.25, 0.3) is 0 Å². The molecule has 2 rings (SSSR count). The predicted octanol–water partition coefficient (Wildman–Crippen LogP) is 2.99. The number of hydrogen-bond acceptors (Lipinski definition) is 4. The Hall–Kier alpha value is -3.07. The maximum absolute atomic E-state index is 12.9. The van der Waals surface area contributed by atoms with E-state index in [9.17, 15) is 9.18 Å². The third-order valence-corrected chi connectivity index (χ3v) is 3.51. The molecule has 2 aromatic rings. The summed E-state index contributed by atoms with van der Waals surface area (Å²) in [6.07, 6.45) is 0.477. The molecule has 1 amide bonds. The predicted molar refractivity (Wildman–Crippen MR) is 90.7 cm³/mol. The summed E-state index contributed by atoms with van der Waals surface area (Å²) < 4.78 is 24.0. The van der Waals surface area contributed by atoms with Crippen LogP contribution in [0.25, 0.3) is 0 Å². The van der Waals surface area contributed by atoms with Crippen molar-refractivity contribution in [2.24, 2.45) is 0 Å². The highest BCUT2D eigenvalue weighted by Crippen LogP contribution is 2.29. The lowest BCUT2D eigenvalue weighted by atomic mass is 10.1. The van der Waals surface area contributed by atoms with Gasteiger partial charge in [-0.2, -0.15) is 5.26 Å². The number of rotatable bonds is 8. The van der Waals surface area contributed by atoms with E-state index in [1.165, 1.54) is 12.1 Å². The van der Waals surface area contributed by atoms with Crippen LogP contribution in [-0.4, -0.2) is 19.6 Å². The maximum Gasteiger partial charge on any atom is 0.234 e. The second-order valence-electron chi connectivity index (χ2n) is 5.34. The average molecular weight is 342 g/mol. The fourth-order valence-electron chi connectivity index (χ4n) is 2.21. The molecule has 0 aliphatic rings. The van der Waals surface area contributed by atoms with Crippen molar-refractivity contribution >= 4 is 5.91 Å². The summed E-state index contributed by atoms with van der Waals surface area (Å²) >= 11 is 0. The topological polar surface area (TPSA) is 71.3 Å². The standard InChI is InChI=1S/C19H19FN2O3/c1-24-18-12-14(9-11-22-19(23)8-10-21)4-7-17(18)25-13-15-2-5-16(20)6-3-15/h2-7,12H,8-9,11,13H2,1H3,(H,22,23). The summed E-state index contributed by atoms with van der Waals surface area (Å²) in [5.41, 5.74) is 1.83. The van der Waals surface area contributed by atoms with Gasteiger partial charge in [0.1, 0.15) is 18.8 Å². The van der Waals surface area contributed by atoms with Crippen LogP contribution in [0.5, 0.6) is 11.5 Å². The molecule has 6 heteroatoms. The van der Waals surface area contributed by atoms with Crippen LogP contribution in [0.2, 0.25) is 0 Å². The SMILES string of the molecule is COc1cc(CCNC(=O)CC#N)ccc1OCc1ccc(F)cc1. The molecule has 25 heavy (non-hydrogen) atoms. The normalized spacial score (nSPS) is 9.96. The second-order valence-corrected chi connectivity index (χ2v) is 5.34. The molecule has 0 aliphatic carbocycles. The highest BCUT2D eigenvalue weighted by atomic mass is 19.1. The van der Waals surface area contributed by atoms with Crippen molar-refractivity contribution in [3.63, 3.8) is 0 Å². The van der Waals surface area contributed by atoms with Gasteiger partial charge in [-0.25, -0.2) is 4.39 Å². The number of hydrogen-bond donors (Lipinski definition) is 1. The number of amides is 1. The van der Waals surface area contributed by atoms with E-state index in [-0.39, 0.29) is 18.1 Å². The molecule has 130 valence electrons. The first-order valence-corrected chi connectivity index (χ1v) is 7.80. The molecule has 5 nitrogen and oxygen atoms in total. The Kier molecular flexibility index (Phi) is 6.78. The Morgan fingerprint density at radius 2 is 1.88 bits per heavy atom. The third kappa shape index (κ3) is 5.81. The van der Waals surface area contributed by atoms with Crippen molar-refractivity contribution in [1.29, 1.82) is 5.26 Å². The fraction of sp³-hybridized carbons (Fsp3) is 0.263. The van der Waals surface area contributed by atoms with Gasteiger partial charge in [-0.1, -0.05) is 18.2 Å². The molecule has 0 radical (unpaired) electrons. The Morgan fingerprint density at radius 3 is 2.56 bits per heavy atom. The van der Waals surface area contributed by atoms with E-state index in [1.807, 2.05) is 12.1 Å². The van der Waals surface area contributed by atoms with Crippen molar-refractivity contribution < 1.29 is 18.7 Å². The second kappa shape index (κ2) is 9.28. The van der Waals surface area contributed by atoms with Gasteiger partial charge >= 0.3 is 0 Å². The van der Waals surface area contributed by atoms with Gasteiger partial charge in [-0.15, -0.1) is 0 Å². The van der Waals surface area contributed by atoms with Crippen LogP contribution >= 0.6 is 0 Å². The number of nitriles is 1. The van der Waals surface area contributed by atoms with Gasteiger partial charge < -0.3 is 14.8 Å². The smallest absolute Gasteiger partial charge is 0.234 e. The van der Waals surface area contributed by atoms with E-state index >= 15 is 0 Å². The number of nitrogens with zero attached hydrogens (tertiary/aromatic N) is 1. The zero-order valence-corrected chi connectivity index (χ0v) is 13.9. The Balaban J connectivity index is 1.93. The quantitative estimate of drug-likeness (QED) is 0.800. The highest BCUT2D eigenvalue weighted by molar-refractivity contribution is 5.77. The third-order valence-electron chi connectivity index (χ3n) is 3.51. The Morgan fingerprint density at radius 1 is 1.16 bits per heavy atom. The summed E-state index contributed by atoms with van der Waals surface area (Å²) in [5.74, 6) is 0.605. The minimum Gasteiger partial charge on any atom is -0.493 e. The number of ether oxygens (including phenoxy) is 2. The van der Waals surface area contributed by atoms with E-state index in [2.05, 4.69) is 5.32 Å². The van der Waals surface area contributed by atoms with Crippen LogP contribution < -0.4 is 14.8 Å². The van der Waals surface area contributed by atoms with Gasteiger partial charge in [0.05, 0.1) is 13.2 Å². The lowest BCUT2D eigenvalue weighted by Crippen LogP contribution is -2.24. The van der Waals surface area contributed by atoms with Crippen LogP contribution in [0.4, 0.5) is 4.39 Å². The van der Waals surface area contributed by atoms with E-state index in [4.69, 9.17) is 14.7 Å². The van der Waals surface area contributed by atoms with E-state index in [0.717, 1.165) is 11.1 Å². The van der Waals surface area contributed by atoms with Gasteiger partial charge in [0.15, 0.2) is 11.5 Å². The summed E-state index contributed by atoms with van der Waals surface area (Å²) in [6.45, 7) is 0.750. The molecular weight excluding hydrogens is 323 g/mol. The first kappa shape index (κ1) is 18.3. The van der Waals surface area contributed by atoms with Crippen molar-refractivity contribution in [1.82, 2.24) is 5.32 Å². The first-order chi connectivity index (χ1) is 12.1. The number of methoxy groups -OCH3 is 1. The van der Waals surface area contributed by atoms with Crippen LogP contribution in [0.15, 0.2) is 42.5 Å². The molecule has 0 aliphatic heterocycles. The number of benzene rings is 2. The summed E-state index contributed by atoms with van der Waals surface area (Å²) in [4.78, 5) is 11.2. The lowest BCUT2D eigenvalue weighted by Gasteiger charge is -2.12. The van der Waals surface area contributed by atoms with Crippen molar-refractivity contribution in [3.8, 4) is 17.6 Å². The van der Waals surface area contributed by atoms with E-state index < -0.39 is 0 Å². The van der Waals surface area contributed by atoms with Crippen molar-refractivity contribution in [2.75, 3.05) is 13.7 Å². The van der Waals surface area contributed by atoms with Crippen molar-refractivity contribution in [2.45, 2.75) is 19.4 Å². The zero-order chi connectivity index (χ0) is 18.1.